The number of hydrogen-bond donors (Lipinski definition) is 0. The summed E-state index contributed by atoms with van der Waals surface area (Å²) in [6.07, 6.45) is 3.50. The van der Waals surface area contributed by atoms with Gasteiger partial charge in [0.05, 0.1) is 11.5 Å². The van der Waals surface area contributed by atoms with Crippen LogP contribution in [0.15, 0.2) is 16.4 Å². The van der Waals surface area contributed by atoms with Gasteiger partial charge in [0.25, 0.3) is 0 Å². The molecule has 4 heteroatoms. The first-order valence-corrected chi connectivity index (χ1v) is 5.48. The van der Waals surface area contributed by atoms with Crippen LogP contribution in [0.4, 0.5) is 0 Å². The van der Waals surface area contributed by atoms with Crippen molar-refractivity contribution >= 4 is 11.3 Å². The normalized spacial score (nSPS) is 11.2. The number of aryl methyl sites for hydroxylation is 1. The number of aromatic nitrogens is 1. The summed E-state index contributed by atoms with van der Waals surface area (Å²) < 4.78 is 1.69. The van der Waals surface area contributed by atoms with E-state index < -0.39 is 0 Å². The van der Waals surface area contributed by atoms with Crippen LogP contribution in [0.1, 0.15) is 26.7 Å². The van der Waals surface area contributed by atoms with Crippen molar-refractivity contribution in [3.63, 3.8) is 0 Å². The molecule has 0 amide bonds. The molecule has 0 N–H and O–H groups in total. The molecule has 3 nitrogen and oxygen atoms in total. The third kappa shape index (κ3) is 3.00. The van der Waals surface area contributed by atoms with Crippen molar-refractivity contribution in [2.45, 2.75) is 33.2 Å². The highest BCUT2D eigenvalue weighted by molar-refractivity contribution is 7.07. The van der Waals surface area contributed by atoms with Crippen LogP contribution in [0.5, 0.6) is 0 Å². The van der Waals surface area contributed by atoms with Gasteiger partial charge in [0, 0.05) is 18.1 Å². The van der Waals surface area contributed by atoms with Gasteiger partial charge in [-0.1, -0.05) is 11.3 Å². The molecule has 0 bridgehead atoms. The molecule has 0 saturated carbocycles. The summed E-state index contributed by atoms with van der Waals surface area (Å²) in [6, 6.07) is 2.25. The van der Waals surface area contributed by atoms with Gasteiger partial charge in [0.15, 0.2) is 0 Å². The Labute approximate surface area is 87.6 Å². The Morgan fingerprint density at radius 1 is 1.64 bits per heavy atom. The Morgan fingerprint density at radius 3 is 2.86 bits per heavy atom. The average molecular weight is 210 g/mol. The van der Waals surface area contributed by atoms with Gasteiger partial charge >= 0.3 is 4.87 Å². The molecule has 0 radical (unpaired) electrons. The molecule has 1 aromatic heterocycles. The summed E-state index contributed by atoms with van der Waals surface area (Å²) in [5, 5.41) is 10.6. The maximum Gasteiger partial charge on any atom is 0.307 e. The van der Waals surface area contributed by atoms with Gasteiger partial charge in [-0.15, -0.1) is 0 Å². The molecule has 14 heavy (non-hydrogen) atoms. The zero-order chi connectivity index (χ0) is 10.6. The molecule has 0 aliphatic heterocycles. The molecule has 0 aliphatic rings. The Balaban J connectivity index is 2.41. The largest absolute Gasteiger partial charge is 0.307 e. The SMILES string of the molecule is CC(C)(C#N)CCCn1ccsc1=O. The van der Waals surface area contributed by atoms with Crippen LogP contribution >= 0.6 is 11.3 Å². The maximum atomic E-state index is 11.2. The molecule has 76 valence electrons. The standard InChI is InChI=1S/C10H14N2OS/c1-10(2,8-11)4-3-5-12-6-7-14-9(12)13/h6-7H,3-5H2,1-2H3. The summed E-state index contributed by atoms with van der Waals surface area (Å²) in [5.41, 5.74) is -0.278. The van der Waals surface area contributed by atoms with Crippen molar-refractivity contribution in [2.75, 3.05) is 0 Å². The third-order valence-electron chi connectivity index (χ3n) is 2.15. The molecule has 0 saturated heterocycles. The van der Waals surface area contributed by atoms with Crippen molar-refractivity contribution in [3.8, 4) is 6.07 Å². The van der Waals surface area contributed by atoms with E-state index in [1.54, 1.807) is 16.1 Å². The molecule has 1 aromatic rings. The number of nitriles is 1. The number of hydrogen-bond acceptors (Lipinski definition) is 3. The monoisotopic (exact) mass is 210 g/mol. The van der Waals surface area contributed by atoms with E-state index in [0.29, 0.717) is 6.54 Å². The first-order chi connectivity index (χ1) is 6.55. The van der Waals surface area contributed by atoms with Gasteiger partial charge in [0.1, 0.15) is 0 Å². The topological polar surface area (TPSA) is 45.8 Å². The lowest BCUT2D eigenvalue weighted by molar-refractivity contribution is 0.414. The van der Waals surface area contributed by atoms with Crippen LogP contribution in [-0.4, -0.2) is 4.57 Å². The molecule has 0 spiro atoms. The lowest BCUT2D eigenvalue weighted by atomic mass is 9.90. The molecular weight excluding hydrogens is 196 g/mol. The highest BCUT2D eigenvalue weighted by Gasteiger charge is 2.15. The van der Waals surface area contributed by atoms with Gasteiger partial charge in [-0.25, -0.2) is 0 Å². The zero-order valence-electron chi connectivity index (χ0n) is 8.49. The van der Waals surface area contributed by atoms with E-state index in [4.69, 9.17) is 5.26 Å². The van der Waals surface area contributed by atoms with E-state index >= 15 is 0 Å². The minimum Gasteiger partial charge on any atom is -0.306 e. The van der Waals surface area contributed by atoms with Crippen molar-refractivity contribution < 1.29 is 0 Å². The summed E-state index contributed by atoms with van der Waals surface area (Å²) in [5.74, 6) is 0. The second-order valence-corrected chi connectivity index (χ2v) is 4.82. The van der Waals surface area contributed by atoms with Crippen LogP contribution in [0.25, 0.3) is 0 Å². The quantitative estimate of drug-likeness (QED) is 0.765. The molecular formula is C10H14N2OS. The summed E-state index contributed by atoms with van der Waals surface area (Å²) in [6.45, 7) is 4.56. The molecule has 1 heterocycles. The van der Waals surface area contributed by atoms with E-state index in [1.807, 2.05) is 13.8 Å². The van der Waals surface area contributed by atoms with Crippen LogP contribution in [0.3, 0.4) is 0 Å². The molecule has 0 aliphatic carbocycles. The maximum absolute atomic E-state index is 11.2. The second kappa shape index (κ2) is 4.43. The Morgan fingerprint density at radius 2 is 2.36 bits per heavy atom. The van der Waals surface area contributed by atoms with E-state index in [2.05, 4.69) is 6.07 Å². The van der Waals surface area contributed by atoms with Crippen LogP contribution in [-0.2, 0) is 6.54 Å². The molecule has 0 unspecified atom stereocenters. The van der Waals surface area contributed by atoms with Crippen LogP contribution < -0.4 is 4.87 Å². The first kappa shape index (κ1) is 11.0. The highest BCUT2D eigenvalue weighted by atomic mass is 32.1. The van der Waals surface area contributed by atoms with E-state index in [-0.39, 0.29) is 10.3 Å². The fraction of sp³-hybridized carbons (Fsp3) is 0.600. The van der Waals surface area contributed by atoms with Gasteiger partial charge < -0.3 is 4.57 Å². The van der Waals surface area contributed by atoms with Gasteiger partial charge in [-0.3, -0.25) is 4.79 Å². The summed E-state index contributed by atoms with van der Waals surface area (Å²) in [7, 11) is 0. The van der Waals surface area contributed by atoms with Gasteiger partial charge in [0.2, 0.25) is 0 Å². The average Bonchev–Trinajstić information content (AvgIpc) is 2.52. The van der Waals surface area contributed by atoms with Gasteiger partial charge in [-0.2, -0.15) is 5.26 Å². The van der Waals surface area contributed by atoms with Crippen molar-refractivity contribution in [3.05, 3.63) is 21.2 Å². The van der Waals surface area contributed by atoms with Crippen molar-refractivity contribution in [2.24, 2.45) is 5.41 Å². The van der Waals surface area contributed by atoms with E-state index in [9.17, 15) is 4.79 Å². The predicted molar refractivity (Wildman–Crippen MR) is 57.2 cm³/mol. The van der Waals surface area contributed by atoms with Crippen molar-refractivity contribution in [1.82, 2.24) is 4.57 Å². The predicted octanol–water partition coefficient (Wildman–Crippen LogP) is 2.24. The van der Waals surface area contributed by atoms with E-state index in [1.165, 1.54) is 11.3 Å². The van der Waals surface area contributed by atoms with Crippen LogP contribution in [0, 0.1) is 16.7 Å². The summed E-state index contributed by atoms with van der Waals surface area (Å²) in [4.78, 5) is 11.2. The van der Waals surface area contributed by atoms with Crippen LogP contribution in [0.2, 0.25) is 0 Å². The minimum atomic E-state index is -0.278. The molecule has 0 fully saturated rings. The Kier molecular flexibility index (Phi) is 3.48. The number of nitrogens with zero attached hydrogens (tertiary/aromatic N) is 2. The Bertz CT molecular complexity index is 383. The lowest BCUT2D eigenvalue weighted by Gasteiger charge is -2.14. The fourth-order valence-corrected chi connectivity index (χ4v) is 1.82. The molecule has 0 atom stereocenters. The molecule has 1 rings (SSSR count). The van der Waals surface area contributed by atoms with Crippen molar-refractivity contribution in [1.29, 1.82) is 5.26 Å². The number of thiazole rings is 1. The lowest BCUT2D eigenvalue weighted by Crippen LogP contribution is -2.14. The third-order valence-corrected chi connectivity index (χ3v) is 2.84. The van der Waals surface area contributed by atoms with E-state index in [0.717, 1.165) is 12.8 Å². The molecule has 0 aromatic carbocycles. The Hall–Kier alpha value is -1.08. The highest BCUT2D eigenvalue weighted by Crippen LogP contribution is 2.20. The minimum absolute atomic E-state index is 0.0831. The fourth-order valence-electron chi connectivity index (χ4n) is 1.20. The number of rotatable bonds is 4. The smallest absolute Gasteiger partial charge is 0.306 e. The first-order valence-electron chi connectivity index (χ1n) is 4.60. The zero-order valence-corrected chi connectivity index (χ0v) is 9.30. The van der Waals surface area contributed by atoms with Gasteiger partial charge in [-0.05, 0) is 26.7 Å². The second-order valence-electron chi connectivity index (χ2n) is 3.96. The summed E-state index contributed by atoms with van der Waals surface area (Å²) >= 11 is 1.21.